The first-order valence-corrected chi connectivity index (χ1v) is 6.93. The summed E-state index contributed by atoms with van der Waals surface area (Å²) < 4.78 is 19.2. The van der Waals surface area contributed by atoms with E-state index in [4.69, 9.17) is 10.5 Å². The molecule has 1 saturated heterocycles. The summed E-state index contributed by atoms with van der Waals surface area (Å²) in [6, 6.07) is 5.66. The summed E-state index contributed by atoms with van der Waals surface area (Å²) in [6.07, 6.45) is 2.36. The van der Waals surface area contributed by atoms with Crippen LogP contribution in [0.4, 0.5) is 4.39 Å². The Morgan fingerprint density at radius 3 is 2.95 bits per heavy atom. The first-order chi connectivity index (χ1) is 9.17. The third kappa shape index (κ3) is 3.07. The Morgan fingerprint density at radius 2 is 2.26 bits per heavy atom. The zero-order valence-corrected chi connectivity index (χ0v) is 11.7. The monoisotopic (exact) mass is 266 g/mol. The zero-order chi connectivity index (χ0) is 13.8. The van der Waals surface area contributed by atoms with E-state index in [2.05, 4.69) is 11.8 Å². The Labute approximate surface area is 114 Å². The summed E-state index contributed by atoms with van der Waals surface area (Å²) in [6.45, 7) is 4.45. The van der Waals surface area contributed by atoms with Gasteiger partial charge < -0.3 is 10.5 Å². The van der Waals surface area contributed by atoms with Crippen LogP contribution in [0.1, 0.15) is 25.3 Å². The van der Waals surface area contributed by atoms with Crippen LogP contribution in [0.15, 0.2) is 18.2 Å². The molecule has 4 heteroatoms. The van der Waals surface area contributed by atoms with Gasteiger partial charge in [0.1, 0.15) is 0 Å². The van der Waals surface area contributed by atoms with Crippen molar-refractivity contribution in [2.24, 2.45) is 11.7 Å². The highest BCUT2D eigenvalue weighted by molar-refractivity contribution is 5.31. The fourth-order valence-corrected chi connectivity index (χ4v) is 2.97. The number of piperidine rings is 1. The highest BCUT2D eigenvalue weighted by atomic mass is 19.1. The molecule has 0 bridgehead atoms. The van der Waals surface area contributed by atoms with Crippen LogP contribution in [-0.2, 0) is 6.54 Å². The predicted octanol–water partition coefficient (Wildman–Crippen LogP) is 2.39. The number of rotatable bonds is 4. The number of halogens is 1. The van der Waals surface area contributed by atoms with Gasteiger partial charge in [-0.25, -0.2) is 4.39 Å². The van der Waals surface area contributed by atoms with Crippen LogP contribution >= 0.6 is 0 Å². The molecule has 1 aliphatic heterocycles. The largest absolute Gasteiger partial charge is 0.494 e. The second kappa shape index (κ2) is 6.35. The second-order valence-electron chi connectivity index (χ2n) is 5.33. The molecule has 0 spiro atoms. The quantitative estimate of drug-likeness (QED) is 0.909. The van der Waals surface area contributed by atoms with E-state index in [1.807, 2.05) is 12.1 Å². The Balaban J connectivity index is 2.15. The van der Waals surface area contributed by atoms with Gasteiger partial charge in [0, 0.05) is 24.7 Å². The lowest BCUT2D eigenvalue weighted by atomic mass is 9.90. The Bertz CT molecular complexity index is 425. The lowest BCUT2D eigenvalue weighted by Gasteiger charge is -2.39. The molecule has 1 aromatic carbocycles. The Morgan fingerprint density at radius 1 is 1.47 bits per heavy atom. The standard InChI is InChI=1S/C15H23FN2O/c1-11-5-4-8-18(13(11)9-17)10-12-6-3-7-14(19-2)15(12)16/h3,6-7,11,13H,4-5,8-10,17H2,1-2H3. The number of ether oxygens (including phenoxy) is 1. The van der Waals surface area contributed by atoms with Crippen LogP contribution in [0, 0.1) is 11.7 Å². The molecule has 0 saturated carbocycles. The highest BCUT2D eigenvalue weighted by Gasteiger charge is 2.28. The maximum Gasteiger partial charge on any atom is 0.169 e. The number of nitrogens with zero attached hydrogens (tertiary/aromatic N) is 1. The van der Waals surface area contributed by atoms with Gasteiger partial charge in [-0.05, 0) is 31.4 Å². The van der Waals surface area contributed by atoms with E-state index in [-0.39, 0.29) is 5.82 Å². The van der Waals surface area contributed by atoms with Gasteiger partial charge in [0.25, 0.3) is 0 Å². The molecule has 0 amide bonds. The molecule has 2 atom stereocenters. The third-order valence-corrected chi connectivity index (χ3v) is 4.11. The number of hydrogen-bond acceptors (Lipinski definition) is 3. The summed E-state index contributed by atoms with van der Waals surface area (Å²) in [5.41, 5.74) is 6.56. The molecular weight excluding hydrogens is 243 g/mol. The van der Waals surface area contributed by atoms with Crippen molar-refractivity contribution < 1.29 is 9.13 Å². The first-order valence-electron chi connectivity index (χ1n) is 6.93. The maximum absolute atomic E-state index is 14.2. The minimum absolute atomic E-state index is 0.251. The maximum atomic E-state index is 14.2. The van der Waals surface area contributed by atoms with Crippen molar-refractivity contribution in [3.8, 4) is 5.75 Å². The van der Waals surface area contributed by atoms with Gasteiger partial charge in [-0.1, -0.05) is 19.1 Å². The lowest BCUT2D eigenvalue weighted by Crippen LogP contribution is -2.48. The zero-order valence-electron chi connectivity index (χ0n) is 11.7. The molecule has 0 aromatic heterocycles. The van der Waals surface area contributed by atoms with E-state index in [1.165, 1.54) is 13.5 Å². The van der Waals surface area contributed by atoms with Gasteiger partial charge >= 0.3 is 0 Å². The minimum Gasteiger partial charge on any atom is -0.494 e. The average Bonchev–Trinajstić information content (AvgIpc) is 2.41. The molecule has 0 radical (unpaired) electrons. The molecule has 2 rings (SSSR count). The predicted molar refractivity (Wildman–Crippen MR) is 74.6 cm³/mol. The lowest BCUT2D eigenvalue weighted by molar-refractivity contribution is 0.0977. The van der Waals surface area contributed by atoms with Crippen molar-refractivity contribution in [3.05, 3.63) is 29.6 Å². The highest BCUT2D eigenvalue weighted by Crippen LogP contribution is 2.27. The van der Waals surface area contributed by atoms with E-state index in [9.17, 15) is 4.39 Å². The van der Waals surface area contributed by atoms with Gasteiger partial charge in [-0.3, -0.25) is 4.90 Å². The van der Waals surface area contributed by atoms with Crippen LogP contribution in [0.25, 0.3) is 0 Å². The van der Waals surface area contributed by atoms with Crippen LogP contribution in [0.2, 0.25) is 0 Å². The smallest absolute Gasteiger partial charge is 0.169 e. The SMILES string of the molecule is COc1cccc(CN2CCCC(C)C2CN)c1F. The van der Waals surface area contributed by atoms with Crippen LogP contribution < -0.4 is 10.5 Å². The van der Waals surface area contributed by atoms with Crippen LogP contribution in [0.3, 0.4) is 0 Å². The molecule has 1 heterocycles. The van der Waals surface area contributed by atoms with E-state index < -0.39 is 0 Å². The summed E-state index contributed by atoms with van der Waals surface area (Å²) in [4.78, 5) is 2.30. The summed E-state index contributed by atoms with van der Waals surface area (Å²) >= 11 is 0. The number of nitrogens with two attached hydrogens (primary N) is 1. The number of likely N-dealkylation sites (tertiary alicyclic amines) is 1. The van der Waals surface area contributed by atoms with Gasteiger partial charge in [-0.2, -0.15) is 0 Å². The van der Waals surface area contributed by atoms with Crippen molar-refractivity contribution in [1.29, 1.82) is 0 Å². The van der Waals surface area contributed by atoms with Gasteiger partial charge in [-0.15, -0.1) is 0 Å². The fourth-order valence-electron chi connectivity index (χ4n) is 2.97. The van der Waals surface area contributed by atoms with Crippen molar-refractivity contribution in [2.75, 3.05) is 20.2 Å². The fraction of sp³-hybridized carbons (Fsp3) is 0.600. The molecule has 3 nitrogen and oxygen atoms in total. The molecule has 2 N–H and O–H groups in total. The second-order valence-corrected chi connectivity index (χ2v) is 5.33. The van der Waals surface area contributed by atoms with Gasteiger partial charge in [0.15, 0.2) is 11.6 Å². The number of hydrogen-bond donors (Lipinski definition) is 1. The third-order valence-electron chi connectivity index (χ3n) is 4.11. The number of benzene rings is 1. The Kier molecular flexibility index (Phi) is 4.77. The molecule has 106 valence electrons. The number of methoxy groups -OCH3 is 1. The molecule has 2 unspecified atom stereocenters. The van der Waals surface area contributed by atoms with Crippen molar-refractivity contribution >= 4 is 0 Å². The van der Waals surface area contributed by atoms with Crippen LogP contribution in [-0.4, -0.2) is 31.1 Å². The van der Waals surface area contributed by atoms with E-state index in [0.717, 1.165) is 13.0 Å². The summed E-state index contributed by atoms with van der Waals surface area (Å²) in [5, 5.41) is 0. The molecule has 19 heavy (non-hydrogen) atoms. The minimum atomic E-state index is -0.251. The topological polar surface area (TPSA) is 38.5 Å². The normalized spacial score (nSPS) is 24.4. The molecule has 1 aromatic rings. The molecule has 1 fully saturated rings. The van der Waals surface area contributed by atoms with E-state index >= 15 is 0 Å². The van der Waals surface area contributed by atoms with Gasteiger partial charge in [0.2, 0.25) is 0 Å². The van der Waals surface area contributed by atoms with Crippen LogP contribution in [0.5, 0.6) is 5.75 Å². The molecule has 1 aliphatic rings. The first kappa shape index (κ1) is 14.3. The Hall–Kier alpha value is -1.13. The molecule has 0 aliphatic carbocycles. The van der Waals surface area contributed by atoms with Crippen molar-refractivity contribution in [1.82, 2.24) is 4.90 Å². The molecular formula is C15H23FN2O. The average molecular weight is 266 g/mol. The van der Waals surface area contributed by atoms with E-state index in [0.29, 0.717) is 36.4 Å². The van der Waals surface area contributed by atoms with Crippen molar-refractivity contribution in [3.63, 3.8) is 0 Å². The summed E-state index contributed by atoms with van der Waals surface area (Å²) in [5.74, 6) is 0.637. The van der Waals surface area contributed by atoms with Crippen molar-refractivity contribution in [2.45, 2.75) is 32.4 Å². The van der Waals surface area contributed by atoms with E-state index in [1.54, 1.807) is 6.07 Å². The summed E-state index contributed by atoms with van der Waals surface area (Å²) in [7, 11) is 1.49. The van der Waals surface area contributed by atoms with Gasteiger partial charge in [0.05, 0.1) is 7.11 Å².